The Labute approximate surface area is 161 Å². The Kier molecular flexibility index (Phi) is 10.2. The Morgan fingerprint density at radius 1 is 1.19 bits per heavy atom. The number of para-hydroxylation sites is 1. The fourth-order valence-electron chi connectivity index (χ4n) is 2.20. The molecule has 0 aliphatic rings. The topological polar surface area (TPSA) is 43.7 Å². The fraction of sp³-hybridized carbons (Fsp3) is 0.143. The molecule has 0 atom stereocenters. The molecule has 3 nitrogen and oxygen atoms in total. The summed E-state index contributed by atoms with van der Waals surface area (Å²) in [6.45, 7) is 9.71. The minimum Gasteiger partial charge on any atom is -0.423 e. The highest BCUT2D eigenvalue weighted by atomic mass is 32.2. The zero-order valence-corrected chi connectivity index (χ0v) is 16.2. The normalized spacial score (nSPS) is 12.6. The molecule has 136 valence electrons. The third-order valence-corrected chi connectivity index (χ3v) is 4.03. The number of rotatable bonds is 10. The van der Waals surface area contributed by atoms with E-state index in [2.05, 4.69) is 25.5 Å². The van der Waals surface area contributed by atoms with E-state index >= 15 is 0 Å². The average Bonchev–Trinajstić information content (AvgIpc) is 2.63. The van der Waals surface area contributed by atoms with Crippen molar-refractivity contribution in [3.8, 4) is 0 Å². The number of anilines is 1. The molecule has 0 aliphatic heterocycles. The number of hydrogen-bond acceptors (Lipinski definition) is 4. The van der Waals surface area contributed by atoms with E-state index in [-0.39, 0.29) is 0 Å². The van der Waals surface area contributed by atoms with Crippen LogP contribution in [-0.2, 0) is 0 Å². The lowest BCUT2D eigenvalue weighted by Crippen LogP contribution is -2.18. The first-order valence-electron chi connectivity index (χ1n) is 8.24. The summed E-state index contributed by atoms with van der Waals surface area (Å²) in [7, 11) is -1.55. The van der Waals surface area contributed by atoms with Crippen LogP contribution in [0.15, 0.2) is 103 Å². The number of nitrogens with zero attached hydrogens (tertiary/aromatic N) is 1. The van der Waals surface area contributed by atoms with Crippen molar-refractivity contribution in [2.45, 2.75) is 6.92 Å². The van der Waals surface area contributed by atoms with E-state index in [1.165, 1.54) is 6.08 Å². The molecule has 0 aromatic heterocycles. The summed E-state index contributed by atoms with van der Waals surface area (Å²) in [4.78, 5) is 2.00. The summed E-state index contributed by atoms with van der Waals surface area (Å²) >= 11 is 1.76. The van der Waals surface area contributed by atoms with Crippen LogP contribution >= 0.6 is 11.8 Å². The van der Waals surface area contributed by atoms with E-state index in [4.69, 9.17) is 0 Å². The van der Waals surface area contributed by atoms with E-state index in [9.17, 15) is 10.0 Å². The predicted molar refractivity (Wildman–Crippen MR) is 117 cm³/mol. The molecule has 0 unspecified atom stereocenters. The standard InChI is InChI=1S/C21H26BNO2S/c1-5-20(22(24)25)16-15-19(3)23(21-13-9-6-10-14-21)18(2)12-8-7-11-17-26-4/h5-16,24-25H,1-2,17H2,3-4H3/b11-7-,12-8-,19-15+,20-16+. The smallest absolute Gasteiger partial charge is 0.423 e. The van der Waals surface area contributed by atoms with Gasteiger partial charge in [0.1, 0.15) is 0 Å². The molecule has 0 spiro atoms. The maximum atomic E-state index is 9.31. The maximum absolute atomic E-state index is 9.31. The van der Waals surface area contributed by atoms with Gasteiger partial charge in [0.05, 0.1) is 0 Å². The first-order valence-corrected chi connectivity index (χ1v) is 9.64. The first-order chi connectivity index (χ1) is 12.5. The van der Waals surface area contributed by atoms with Crippen LogP contribution in [0.1, 0.15) is 6.92 Å². The van der Waals surface area contributed by atoms with E-state index in [1.807, 2.05) is 66.5 Å². The van der Waals surface area contributed by atoms with Gasteiger partial charge in [0.2, 0.25) is 0 Å². The fourth-order valence-corrected chi connectivity index (χ4v) is 2.50. The second-order valence-electron chi connectivity index (χ2n) is 5.46. The van der Waals surface area contributed by atoms with Gasteiger partial charge in [0.15, 0.2) is 0 Å². The molecule has 26 heavy (non-hydrogen) atoms. The van der Waals surface area contributed by atoms with Crippen molar-refractivity contribution in [2.75, 3.05) is 16.9 Å². The molecule has 0 aliphatic carbocycles. The molecule has 0 radical (unpaired) electrons. The van der Waals surface area contributed by atoms with Gasteiger partial charge in [-0.05, 0) is 42.9 Å². The Morgan fingerprint density at radius 3 is 2.46 bits per heavy atom. The Bertz CT molecular complexity index is 706. The summed E-state index contributed by atoms with van der Waals surface area (Å²) in [6.07, 6.45) is 14.9. The first kappa shape index (κ1) is 21.8. The van der Waals surface area contributed by atoms with Gasteiger partial charge in [-0.2, -0.15) is 11.8 Å². The van der Waals surface area contributed by atoms with Crippen LogP contribution in [0.25, 0.3) is 0 Å². The van der Waals surface area contributed by atoms with Gasteiger partial charge in [0.25, 0.3) is 0 Å². The second-order valence-corrected chi connectivity index (χ2v) is 6.37. The van der Waals surface area contributed by atoms with E-state index in [0.29, 0.717) is 5.47 Å². The summed E-state index contributed by atoms with van der Waals surface area (Å²) in [6, 6.07) is 9.89. The van der Waals surface area contributed by atoms with Crippen LogP contribution in [0, 0.1) is 0 Å². The minimum atomic E-state index is -1.55. The van der Waals surface area contributed by atoms with Crippen molar-refractivity contribution >= 4 is 24.6 Å². The van der Waals surface area contributed by atoms with Crippen molar-refractivity contribution in [1.82, 2.24) is 0 Å². The Balaban J connectivity index is 3.13. The SMILES string of the molecule is C=C/C(=C\C=C(/C)N(C(=C)/C=C\C=C/CSC)c1ccccc1)B(O)O. The maximum Gasteiger partial charge on any atom is 0.488 e. The summed E-state index contributed by atoms with van der Waals surface area (Å²) in [5.74, 6) is 0.969. The van der Waals surface area contributed by atoms with E-state index < -0.39 is 7.12 Å². The van der Waals surface area contributed by atoms with Gasteiger partial charge in [-0.15, -0.1) is 0 Å². The third-order valence-electron chi connectivity index (χ3n) is 3.50. The molecule has 1 aromatic rings. The molecule has 1 aromatic carbocycles. The summed E-state index contributed by atoms with van der Waals surface area (Å²) in [5, 5.41) is 18.6. The number of hydrogen-bond donors (Lipinski definition) is 2. The van der Waals surface area contributed by atoms with Crippen LogP contribution in [0.4, 0.5) is 5.69 Å². The van der Waals surface area contributed by atoms with Crippen molar-refractivity contribution in [2.24, 2.45) is 0 Å². The zero-order valence-electron chi connectivity index (χ0n) is 15.4. The lowest BCUT2D eigenvalue weighted by atomic mass is 9.79. The van der Waals surface area contributed by atoms with Gasteiger partial charge in [-0.1, -0.05) is 61.7 Å². The van der Waals surface area contributed by atoms with Crippen LogP contribution in [0.2, 0.25) is 0 Å². The predicted octanol–water partition coefficient (Wildman–Crippen LogP) is 4.51. The second kappa shape index (κ2) is 12.2. The van der Waals surface area contributed by atoms with Gasteiger partial charge in [0, 0.05) is 22.8 Å². The number of benzene rings is 1. The molecule has 0 heterocycles. The summed E-state index contributed by atoms with van der Waals surface area (Å²) in [5.41, 5.74) is 3.00. The van der Waals surface area contributed by atoms with Crippen molar-refractivity contribution < 1.29 is 10.0 Å². The zero-order chi connectivity index (χ0) is 19.4. The van der Waals surface area contributed by atoms with Gasteiger partial charge in [-0.25, -0.2) is 0 Å². The van der Waals surface area contributed by atoms with Crippen molar-refractivity contribution in [1.29, 1.82) is 0 Å². The van der Waals surface area contributed by atoms with E-state index in [0.717, 1.165) is 22.8 Å². The highest BCUT2D eigenvalue weighted by Crippen LogP contribution is 2.24. The number of thioether (sulfide) groups is 1. The monoisotopic (exact) mass is 367 g/mol. The van der Waals surface area contributed by atoms with Gasteiger partial charge >= 0.3 is 7.12 Å². The molecule has 5 heteroatoms. The molecule has 0 fully saturated rings. The third kappa shape index (κ3) is 7.36. The van der Waals surface area contributed by atoms with Crippen LogP contribution in [-0.4, -0.2) is 29.2 Å². The van der Waals surface area contributed by atoms with E-state index in [1.54, 1.807) is 17.8 Å². The Hall–Kier alpha value is -2.21. The quantitative estimate of drug-likeness (QED) is 0.472. The van der Waals surface area contributed by atoms with Crippen LogP contribution in [0.3, 0.4) is 0 Å². The minimum absolute atomic E-state index is 0.332. The number of allylic oxidation sites excluding steroid dienone is 8. The molecular formula is C21H26BNO2S. The molecule has 1 rings (SSSR count). The van der Waals surface area contributed by atoms with Crippen LogP contribution < -0.4 is 4.90 Å². The Morgan fingerprint density at radius 2 is 1.88 bits per heavy atom. The lowest BCUT2D eigenvalue weighted by Gasteiger charge is -2.26. The lowest BCUT2D eigenvalue weighted by molar-refractivity contribution is 0.420. The average molecular weight is 367 g/mol. The summed E-state index contributed by atoms with van der Waals surface area (Å²) < 4.78 is 0. The molecular weight excluding hydrogens is 341 g/mol. The molecule has 0 saturated carbocycles. The molecule has 0 bridgehead atoms. The highest BCUT2D eigenvalue weighted by molar-refractivity contribution is 7.98. The van der Waals surface area contributed by atoms with Crippen molar-refractivity contribution in [3.63, 3.8) is 0 Å². The molecule has 0 saturated heterocycles. The molecule has 2 N–H and O–H groups in total. The molecule has 0 amide bonds. The van der Waals surface area contributed by atoms with Crippen molar-refractivity contribution in [3.05, 3.63) is 103 Å². The largest absolute Gasteiger partial charge is 0.488 e. The highest BCUT2D eigenvalue weighted by Gasteiger charge is 2.12. The van der Waals surface area contributed by atoms with Gasteiger partial charge in [-0.3, -0.25) is 0 Å². The van der Waals surface area contributed by atoms with Crippen LogP contribution in [0.5, 0.6) is 0 Å². The van der Waals surface area contributed by atoms with Gasteiger partial charge < -0.3 is 14.9 Å².